The molecule has 0 spiro atoms. The molecule has 0 unspecified atom stereocenters. The number of carbonyl (C=O) groups excluding carboxylic acids is 1. The Hall–Kier alpha value is -1.31. The molecule has 0 bridgehead atoms. The number of isothiocyanates is 1. The quantitative estimate of drug-likeness (QED) is 0.558. The maximum Gasteiger partial charge on any atom is 0.134 e. The summed E-state index contributed by atoms with van der Waals surface area (Å²) in [5, 5.41) is 2.32. The van der Waals surface area contributed by atoms with Crippen molar-refractivity contribution in [2.24, 2.45) is 4.99 Å². The topological polar surface area (TPSA) is 29.4 Å². The third-order valence-electron chi connectivity index (χ3n) is 1.80. The van der Waals surface area contributed by atoms with Crippen LogP contribution in [0.1, 0.15) is 18.1 Å². The summed E-state index contributed by atoms with van der Waals surface area (Å²) < 4.78 is 0. The number of ketones is 1. The van der Waals surface area contributed by atoms with Crippen molar-refractivity contribution in [3.8, 4) is 0 Å². The van der Waals surface area contributed by atoms with Crippen LogP contribution in [0.3, 0.4) is 0 Å². The zero-order chi connectivity index (χ0) is 10.4. The average Bonchev–Trinajstić information content (AvgIpc) is 2.16. The Balaban J connectivity index is 2.68. The molecule has 0 saturated carbocycles. The van der Waals surface area contributed by atoms with E-state index in [1.54, 1.807) is 6.92 Å². The lowest BCUT2D eigenvalue weighted by Crippen LogP contribution is -1.95. The van der Waals surface area contributed by atoms with E-state index in [0.717, 1.165) is 11.1 Å². The SMILES string of the molecule is CC(=O)Cc1ccc(CN=C=S)cc1. The predicted octanol–water partition coefficient (Wildman–Crippen LogP) is 2.42. The second-order valence-corrected chi connectivity index (χ2v) is 3.29. The second kappa shape index (κ2) is 5.43. The van der Waals surface area contributed by atoms with Crippen molar-refractivity contribution in [2.45, 2.75) is 19.9 Å². The van der Waals surface area contributed by atoms with Crippen LogP contribution in [-0.2, 0) is 17.8 Å². The maximum atomic E-state index is 10.8. The van der Waals surface area contributed by atoms with Gasteiger partial charge in [0.1, 0.15) is 5.78 Å². The molecule has 0 amide bonds. The van der Waals surface area contributed by atoms with Crippen molar-refractivity contribution in [1.29, 1.82) is 0 Å². The van der Waals surface area contributed by atoms with Gasteiger partial charge in [-0.05, 0) is 30.3 Å². The zero-order valence-electron chi connectivity index (χ0n) is 7.99. The highest BCUT2D eigenvalue weighted by atomic mass is 32.1. The molecule has 14 heavy (non-hydrogen) atoms. The first-order valence-corrected chi connectivity index (χ1v) is 4.74. The van der Waals surface area contributed by atoms with E-state index < -0.39 is 0 Å². The van der Waals surface area contributed by atoms with Crippen molar-refractivity contribution in [1.82, 2.24) is 0 Å². The summed E-state index contributed by atoms with van der Waals surface area (Å²) in [5.74, 6) is 0.176. The van der Waals surface area contributed by atoms with E-state index in [-0.39, 0.29) is 5.78 Å². The van der Waals surface area contributed by atoms with Gasteiger partial charge in [0.05, 0.1) is 11.7 Å². The molecule has 3 heteroatoms. The van der Waals surface area contributed by atoms with Gasteiger partial charge >= 0.3 is 0 Å². The first-order chi connectivity index (χ1) is 6.72. The Kier molecular flexibility index (Phi) is 4.17. The Labute approximate surface area is 88.7 Å². The van der Waals surface area contributed by atoms with E-state index in [4.69, 9.17) is 0 Å². The Morgan fingerprint density at radius 3 is 2.43 bits per heavy atom. The molecule has 72 valence electrons. The molecule has 1 aromatic carbocycles. The minimum atomic E-state index is 0.176. The van der Waals surface area contributed by atoms with Crippen LogP contribution in [0.15, 0.2) is 29.3 Å². The lowest BCUT2D eigenvalue weighted by Gasteiger charge is -1.99. The smallest absolute Gasteiger partial charge is 0.134 e. The van der Waals surface area contributed by atoms with Gasteiger partial charge in [0.15, 0.2) is 0 Å². The molecule has 0 N–H and O–H groups in total. The van der Waals surface area contributed by atoms with E-state index in [0.29, 0.717) is 13.0 Å². The molecule has 0 heterocycles. The predicted molar refractivity (Wildman–Crippen MR) is 59.6 cm³/mol. The fourth-order valence-electron chi connectivity index (χ4n) is 1.17. The van der Waals surface area contributed by atoms with Crippen LogP contribution in [0.5, 0.6) is 0 Å². The number of Topliss-reactive ketones (excluding diaryl/α,β-unsaturated/α-hetero) is 1. The lowest BCUT2D eigenvalue weighted by molar-refractivity contribution is -0.116. The van der Waals surface area contributed by atoms with Gasteiger partial charge in [-0.3, -0.25) is 4.79 Å². The van der Waals surface area contributed by atoms with E-state index in [1.807, 2.05) is 24.3 Å². The van der Waals surface area contributed by atoms with Crippen molar-refractivity contribution in [2.75, 3.05) is 0 Å². The molecule has 2 nitrogen and oxygen atoms in total. The van der Waals surface area contributed by atoms with E-state index in [1.165, 1.54) is 0 Å². The number of carbonyl (C=O) groups is 1. The molecule has 0 aliphatic rings. The number of nitrogens with zero attached hydrogens (tertiary/aromatic N) is 1. The summed E-state index contributed by atoms with van der Waals surface area (Å²) in [6, 6.07) is 7.79. The molecule has 1 aromatic rings. The lowest BCUT2D eigenvalue weighted by atomic mass is 10.1. The van der Waals surface area contributed by atoms with E-state index in [9.17, 15) is 4.79 Å². The standard InChI is InChI=1S/C11H11NOS/c1-9(13)6-10-2-4-11(5-3-10)7-12-8-14/h2-5H,6-7H2,1H3. The minimum absolute atomic E-state index is 0.176. The molecular weight excluding hydrogens is 194 g/mol. The molecule has 0 aliphatic heterocycles. The monoisotopic (exact) mass is 205 g/mol. The molecular formula is C11H11NOS. The highest BCUT2D eigenvalue weighted by Gasteiger charge is 1.97. The van der Waals surface area contributed by atoms with Gasteiger partial charge in [-0.2, -0.15) is 0 Å². The van der Waals surface area contributed by atoms with E-state index in [2.05, 4.69) is 22.4 Å². The fourth-order valence-corrected chi connectivity index (χ4v) is 1.24. The summed E-state index contributed by atoms with van der Waals surface area (Å²) >= 11 is 4.47. The summed E-state index contributed by atoms with van der Waals surface area (Å²) in [5.41, 5.74) is 2.11. The maximum absolute atomic E-state index is 10.8. The van der Waals surface area contributed by atoms with Crippen LogP contribution in [0.4, 0.5) is 0 Å². The number of thiocarbonyl (C=S) groups is 1. The van der Waals surface area contributed by atoms with Gasteiger partial charge in [-0.25, -0.2) is 4.99 Å². The Morgan fingerprint density at radius 1 is 1.36 bits per heavy atom. The number of benzene rings is 1. The van der Waals surface area contributed by atoms with Crippen LogP contribution in [0.2, 0.25) is 0 Å². The fraction of sp³-hybridized carbons (Fsp3) is 0.273. The molecule has 0 aliphatic carbocycles. The Morgan fingerprint density at radius 2 is 1.93 bits per heavy atom. The number of rotatable bonds is 4. The molecule has 0 radical (unpaired) electrons. The van der Waals surface area contributed by atoms with Gasteiger partial charge in [-0.1, -0.05) is 24.3 Å². The molecule has 1 rings (SSSR count). The van der Waals surface area contributed by atoms with Crippen LogP contribution >= 0.6 is 12.2 Å². The normalized spacial score (nSPS) is 9.21. The summed E-state index contributed by atoms with van der Waals surface area (Å²) in [6.45, 7) is 2.15. The van der Waals surface area contributed by atoms with Crippen LogP contribution < -0.4 is 0 Å². The van der Waals surface area contributed by atoms with E-state index >= 15 is 0 Å². The Bertz CT molecular complexity index is 340. The van der Waals surface area contributed by atoms with Gasteiger partial charge in [0, 0.05) is 6.42 Å². The third-order valence-corrected chi connectivity index (χ3v) is 1.93. The van der Waals surface area contributed by atoms with Gasteiger partial charge in [0.2, 0.25) is 0 Å². The van der Waals surface area contributed by atoms with Crippen LogP contribution in [0.25, 0.3) is 0 Å². The van der Waals surface area contributed by atoms with Crippen LogP contribution in [0, 0.1) is 0 Å². The second-order valence-electron chi connectivity index (χ2n) is 3.10. The third kappa shape index (κ3) is 3.60. The first kappa shape index (κ1) is 10.8. The summed E-state index contributed by atoms with van der Waals surface area (Å²) in [7, 11) is 0. The van der Waals surface area contributed by atoms with Crippen molar-refractivity contribution in [3.05, 3.63) is 35.4 Å². The average molecular weight is 205 g/mol. The minimum Gasteiger partial charge on any atom is -0.300 e. The van der Waals surface area contributed by atoms with Gasteiger partial charge in [0.25, 0.3) is 0 Å². The van der Waals surface area contributed by atoms with Crippen molar-refractivity contribution >= 4 is 23.2 Å². The van der Waals surface area contributed by atoms with Gasteiger partial charge in [-0.15, -0.1) is 0 Å². The number of hydrogen-bond acceptors (Lipinski definition) is 3. The number of aliphatic imine (C=N–C) groups is 1. The number of hydrogen-bond donors (Lipinski definition) is 0. The van der Waals surface area contributed by atoms with Crippen LogP contribution in [-0.4, -0.2) is 10.9 Å². The molecule has 0 fully saturated rings. The summed E-state index contributed by atoms with van der Waals surface area (Å²) in [6.07, 6.45) is 0.497. The molecule has 0 atom stereocenters. The highest BCUT2D eigenvalue weighted by molar-refractivity contribution is 7.78. The van der Waals surface area contributed by atoms with Crippen molar-refractivity contribution in [3.63, 3.8) is 0 Å². The zero-order valence-corrected chi connectivity index (χ0v) is 8.80. The first-order valence-electron chi connectivity index (χ1n) is 4.33. The van der Waals surface area contributed by atoms with Crippen molar-refractivity contribution < 1.29 is 4.79 Å². The summed E-state index contributed by atoms with van der Waals surface area (Å²) in [4.78, 5) is 14.7. The largest absolute Gasteiger partial charge is 0.300 e. The molecule has 0 aromatic heterocycles. The van der Waals surface area contributed by atoms with Gasteiger partial charge < -0.3 is 0 Å². The highest BCUT2D eigenvalue weighted by Crippen LogP contribution is 2.06. The molecule has 0 saturated heterocycles.